The fourth-order valence-electron chi connectivity index (χ4n) is 3.89. The predicted octanol–water partition coefficient (Wildman–Crippen LogP) is 4.87. The molecule has 0 unspecified atom stereocenters. The fraction of sp³-hybridized carbons (Fsp3) is 0.250. The average molecular weight is 441 g/mol. The van der Waals surface area contributed by atoms with Gasteiger partial charge in [-0.25, -0.2) is 4.79 Å². The highest BCUT2D eigenvalue weighted by Gasteiger charge is 2.32. The number of para-hydroxylation sites is 1. The lowest BCUT2D eigenvalue weighted by Gasteiger charge is -2.19. The van der Waals surface area contributed by atoms with Crippen molar-refractivity contribution >= 4 is 6.03 Å². The third kappa shape index (κ3) is 5.87. The smallest absolute Gasteiger partial charge is 0.316 e. The van der Waals surface area contributed by atoms with Gasteiger partial charge in [0.2, 0.25) is 0 Å². The van der Waals surface area contributed by atoms with E-state index in [0.29, 0.717) is 5.75 Å². The number of carbonyl (C=O) groups is 1. The van der Waals surface area contributed by atoms with Crippen LogP contribution in [-0.4, -0.2) is 24.8 Å². The summed E-state index contributed by atoms with van der Waals surface area (Å²) >= 11 is 0. The van der Waals surface area contributed by atoms with E-state index in [9.17, 15) is 4.79 Å². The van der Waals surface area contributed by atoms with Gasteiger partial charge in [0.25, 0.3) is 0 Å². The molecule has 0 fully saturated rings. The topological polar surface area (TPSA) is 59.6 Å². The number of ether oxygens (including phenoxy) is 2. The maximum absolute atomic E-state index is 12.5. The zero-order valence-electron chi connectivity index (χ0n) is 18.9. The van der Waals surface area contributed by atoms with Crippen LogP contribution >= 0.6 is 0 Å². The van der Waals surface area contributed by atoms with Gasteiger partial charge >= 0.3 is 6.03 Å². The average Bonchev–Trinajstić information content (AvgIpc) is 3.15. The molecular formula is C28H28N2O3. The van der Waals surface area contributed by atoms with Crippen molar-refractivity contribution in [2.24, 2.45) is 0 Å². The van der Waals surface area contributed by atoms with Gasteiger partial charge in [0.1, 0.15) is 12.2 Å². The van der Waals surface area contributed by atoms with Crippen LogP contribution in [0.1, 0.15) is 36.6 Å². The molecule has 3 aromatic rings. The molecule has 0 spiro atoms. The first-order valence-corrected chi connectivity index (χ1v) is 11.1. The second-order valence-corrected chi connectivity index (χ2v) is 8.51. The Labute approximate surface area is 195 Å². The highest BCUT2D eigenvalue weighted by atomic mass is 16.5. The van der Waals surface area contributed by atoms with Crippen LogP contribution in [0.5, 0.6) is 11.5 Å². The molecule has 0 bridgehead atoms. The van der Waals surface area contributed by atoms with Crippen LogP contribution < -0.4 is 20.1 Å². The van der Waals surface area contributed by atoms with Crippen molar-refractivity contribution in [3.8, 4) is 23.3 Å². The SMILES string of the molecule is CC1(C)Cc2cccc(OCC#CCNC(=O)NC(c3ccccc3)c3ccccc3)c2O1. The molecule has 0 aromatic heterocycles. The second kappa shape index (κ2) is 10.1. The molecule has 2 N–H and O–H groups in total. The number of hydrogen-bond acceptors (Lipinski definition) is 3. The Morgan fingerprint density at radius 1 is 0.970 bits per heavy atom. The number of nitrogens with one attached hydrogen (secondary N) is 2. The van der Waals surface area contributed by atoms with E-state index in [-0.39, 0.29) is 30.8 Å². The predicted molar refractivity (Wildman–Crippen MR) is 129 cm³/mol. The van der Waals surface area contributed by atoms with Gasteiger partial charge in [-0.1, -0.05) is 84.6 Å². The largest absolute Gasteiger partial charge is 0.483 e. The Kier molecular flexibility index (Phi) is 6.85. The number of benzene rings is 3. The lowest BCUT2D eigenvalue weighted by Crippen LogP contribution is -2.38. The lowest BCUT2D eigenvalue weighted by atomic mass is 9.99. The van der Waals surface area contributed by atoms with Crippen molar-refractivity contribution in [3.05, 3.63) is 95.6 Å². The van der Waals surface area contributed by atoms with E-state index in [1.807, 2.05) is 72.8 Å². The molecule has 1 aliphatic heterocycles. The molecule has 33 heavy (non-hydrogen) atoms. The highest BCUT2D eigenvalue weighted by Crippen LogP contribution is 2.41. The van der Waals surface area contributed by atoms with E-state index in [0.717, 1.165) is 28.9 Å². The molecule has 0 radical (unpaired) electrons. The Bertz CT molecular complexity index is 1110. The zero-order valence-corrected chi connectivity index (χ0v) is 18.9. The fourth-order valence-corrected chi connectivity index (χ4v) is 3.89. The van der Waals surface area contributed by atoms with Gasteiger partial charge in [-0.15, -0.1) is 0 Å². The number of carbonyl (C=O) groups excluding carboxylic acids is 1. The molecule has 5 heteroatoms. The summed E-state index contributed by atoms with van der Waals surface area (Å²) < 4.78 is 11.8. The van der Waals surface area contributed by atoms with E-state index < -0.39 is 0 Å². The minimum atomic E-state index is -0.278. The molecule has 4 rings (SSSR count). The molecule has 0 saturated carbocycles. The van der Waals surface area contributed by atoms with Gasteiger partial charge in [0.15, 0.2) is 11.5 Å². The standard InChI is InChI=1S/C28H28N2O3/c1-28(2)20-23-16-11-17-24(26(23)33-28)32-19-10-9-18-29-27(31)30-25(21-12-5-3-6-13-21)22-14-7-4-8-15-22/h3-8,11-17,25H,18-20H2,1-2H3,(H2,29,30,31). The Morgan fingerprint density at radius 2 is 1.64 bits per heavy atom. The highest BCUT2D eigenvalue weighted by molar-refractivity contribution is 5.75. The monoisotopic (exact) mass is 440 g/mol. The van der Waals surface area contributed by atoms with Crippen LogP contribution in [0, 0.1) is 11.8 Å². The number of hydrogen-bond donors (Lipinski definition) is 2. The number of rotatable bonds is 6. The first kappa shape index (κ1) is 22.3. The third-order valence-electron chi connectivity index (χ3n) is 5.36. The number of amides is 2. The van der Waals surface area contributed by atoms with Crippen molar-refractivity contribution in [2.45, 2.75) is 31.9 Å². The molecule has 2 amide bonds. The van der Waals surface area contributed by atoms with Crippen molar-refractivity contribution in [2.75, 3.05) is 13.2 Å². The van der Waals surface area contributed by atoms with Crippen LogP contribution in [0.4, 0.5) is 4.79 Å². The molecule has 3 aromatic carbocycles. The van der Waals surface area contributed by atoms with Gasteiger partial charge in [-0.05, 0) is 31.0 Å². The van der Waals surface area contributed by atoms with E-state index in [1.54, 1.807) is 0 Å². The summed E-state index contributed by atoms with van der Waals surface area (Å²) in [6, 6.07) is 25.2. The Balaban J connectivity index is 1.29. The Hall–Kier alpha value is -3.91. The van der Waals surface area contributed by atoms with Crippen LogP contribution in [0.3, 0.4) is 0 Å². The summed E-state index contributed by atoms with van der Waals surface area (Å²) in [6.45, 7) is 4.57. The first-order chi connectivity index (χ1) is 16.0. The lowest BCUT2D eigenvalue weighted by molar-refractivity contribution is 0.133. The molecule has 1 aliphatic rings. The van der Waals surface area contributed by atoms with Crippen LogP contribution in [-0.2, 0) is 6.42 Å². The quantitative estimate of drug-likeness (QED) is 0.538. The van der Waals surface area contributed by atoms with Gasteiger partial charge in [-0.2, -0.15) is 0 Å². The summed E-state index contributed by atoms with van der Waals surface area (Å²) in [4.78, 5) is 12.5. The van der Waals surface area contributed by atoms with Gasteiger partial charge in [0, 0.05) is 12.0 Å². The van der Waals surface area contributed by atoms with Crippen molar-refractivity contribution in [3.63, 3.8) is 0 Å². The number of urea groups is 1. The van der Waals surface area contributed by atoms with Crippen molar-refractivity contribution in [1.82, 2.24) is 10.6 Å². The molecule has 0 aliphatic carbocycles. The summed E-state index contributed by atoms with van der Waals surface area (Å²) in [5, 5.41) is 5.84. The zero-order chi connectivity index (χ0) is 23.1. The normalized spacial score (nSPS) is 13.3. The van der Waals surface area contributed by atoms with Gasteiger partial charge in [-0.3, -0.25) is 0 Å². The molecule has 168 valence electrons. The maximum Gasteiger partial charge on any atom is 0.316 e. The van der Waals surface area contributed by atoms with Crippen LogP contribution in [0.2, 0.25) is 0 Å². The van der Waals surface area contributed by atoms with E-state index >= 15 is 0 Å². The molecular weight excluding hydrogens is 412 g/mol. The molecule has 0 atom stereocenters. The third-order valence-corrected chi connectivity index (χ3v) is 5.36. The Morgan fingerprint density at radius 3 is 2.30 bits per heavy atom. The van der Waals surface area contributed by atoms with E-state index in [4.69, 9.17) is 9.47 Å². The summed E-state index contributed by atoms with van der Waals surface area (Å²) in [6.07, 6.45) is 0.858. The minimum absolute atomic E-state index is 0.220. The van der Waals surface area contributed by atoms with Gasteiger partial charge < -0.3 is 20.1 Å². The van der Waals surface area contributed by atoms with Crippen molar-refractivity contribution in [1.29, 1.82) is 0 Å². The minimum Gasteiger partial charge on any atom is -0.483 e. The van der Waals surface area contributed by atoms with Crippen molar-refractivity contribution < 1.29 is 14.3 Å². The maximum atomic E-state index is 12.5. The van der Waals surface area contributed by atoms with Gasteiger partial charge in [0.05, 0.1) is 12.6 Å². The van der Waals surface area contributed by atoms with E-state index in [2.05, 4.69) is 42.4 Å². The summed E-state index contributed by atoms with van der Waals surface area (Å²) in [5.41, 5.74) is 2.95. The summed E-state index contributed by atoms with van der Waals surface area (Å²) in [7, 11) is 0. The second-order valence-electron chi connectivity index (χ2n) is 8.51. The van der Waals surface area contributed by atoms with Crippen LogP contribution in [0.25, 0.3) is 0 Å². The molecule has 0 saturated heterocycles. The summed E-state index contributed by atoms with van der Waals surface area (Å²) in [5.74, 6) is 7.38. The molecule has 5 nitrogen and oxygen atoms in total. The first-order valence-electron chi connectivity index (χ1n) is 11.1. The number of fused-ring (bicyclic) bond motifs is 1. The van der Waals surface area contributed by atoms with E-state index in [1.165, 1.54) is 0 Å². The molecule has 1 heterocycles. The van der Waals surface area contributed by atoms with Crippen LogP contribution in [0.15, 0.2) is 78.9 Å².